The van der Waals surface area contributed by atoms with Gasteiger partial charge in [0.25, 0.3) is 0 Å². The van der Waals surface area contributed by atoms with Crippen molar-refractivity contribution in [3.8, 4) is 6.07 Å². The van der Waals surface area contributed by atoms with Crippen molar-refractivity contribution in [3.63, 3.8) is 0 Å². The van der Waals surface area contributed by atoms with Gasteiger partial charge in [-0.1, -0.05) is 23.9 Å². The molecule has 1 heterocycles. The molecule has 0 saturated heterocycles. The van der Waals surface area contributed by atoms with Gasteiger partial charge in [-0.25, -0.2) is 0 Å². The summed E-state index contributed by atoms with van der Waals surface area (Å²) < 4.78 is 23.5. The zero-order valence-electron chi connectivity index (χ0n) is 12.2. The minimum Gasteiger partial charge on any atom is -0.337 e. The average Bonchev–Trinajstić information content (AvgIpc) is 2.78. The van der Waals surface area contributed by atoms with Crippen LogP contribution in [0.25, 0.3) is 0 Å². The van der Waals surface area contributed by atoms with Crippen LogP contribution in [0.4, 0.5) is 5.69 Å². The molecule has 7 heteroatoms. The minimum absolute atomic E-state index is 0.0647. The minimum atomic E-state index is -3.59. The van der Waals surface area contributed by atoms with Crippen molar-refractivity contribution in [1.29, 1.82) is 5.26 Å². The summed E-state index contributed by atoms with van der Waals surface area (Å²) in [6.07, 6.45) is 0. The number of anilines is 1. The third-order valence-corrected chi connectivity index (χ3v) is 6.36. The van der Waals surface area contributed by atoms with E-state index in [9.17, 15) is 9.83 Å². The molecule has 0 bridgehead atoms. The molecule has 5 nitrogen and oxygen atoms in total. The number of allylic oxidation sites excluding steroid dienone is 1. The lowest BCUT2D eigenvalue weighted by molar-refractivity contribution is 0.227. The highest BCUT2D eigenvalue weighted by Crippen LogP contribution is 2.60. The Labute approximate surface area is 129 Å². The first kappa shape index (κ1) is 16.1. The summed E-state index contributed by atoms with van der Waals surface area (Å²) in [4.78, 5) is 2.87. The molecule has 1 aromatic carbocycles. The van der Waals surface area contributed by atoms with Crippen LogP contribution in [-0.2, 0) is 13.6 Å². The van der Waals surface area contributed by atoms with Gasteiger partial charge in [0.15, 0.2) is 5.31 Å². The van der Waals surface area contributed by atoms with Crippen molar-refractivity contribution in [2.24, 2.45) is 0 Å². The SMILES string of the molecule is CCOP(=O)(OCC)/C(C#N)=C1\Sc2ccccc2N1C. The molecule has 1 aromatic rings. The summed E-state index contributed by atoms with van der Waals surface area (Å²) in [6.45, 7) is 3.89. The lowest BCUT2D eigenvalue weighted by atomic mass is 10.3. The molecule has 0 unspecified atom stereocenters. The van der Waals surface area contributed by atoms with Crippen LogP contribution in [0.3, 0.4) is 0 Å². The van der Waals surface area contributed by atoms with Gasteiger partial charge in [0, 0.05) is 11.9 Å². The highest BCUT2D eigenvalue weighted by Gasteiger charge is 2.37. The first-order valence-electron chi connectivity index (χ1n) is 6.62. The van der Waals surface area contributed by atoms with E-state index in [0.29, 0.717) is 5.03 Å². The fraction of sp³-hybridized carbons (Fsp3) is 0.357. The summed E-state index contributed by atoms with van der Waals surface area (Å²) in [7, 11) is -1.75. The number of thioether (sulfide) groups is 1. The molecule has 0 spiro atoms. The van der Waals surface area contributed by atoms with Crippen molar-refractivity contribution in [2.75, 3.05) is 25.2 Å². The van der Waals surface area contributed by atoms with E-state index >= 15 is 0 Å². The Morgan fingerprint density at radius 2 is 1.95 bits per heavy atom. The fourth-order valence-corrected chi connectivity index (χ4v) is 5.08. The van der Waals surface area contributed by atoms with Gasteiger partial charge < -0.3 is 13.9 Å². The number of para-hydroxylation sites is 1. The second-order valence-electron chi connectivity index (χ2n) is 4.23. The van der Waals surface area contributed by atoms with Gasteiger partial charge in [-0.05, 0) is 26.0 Å². The van der Waals surface area contributed by atoms with Gasteiger partial charge in [0.05, 0.1) is 18.9 Å². The second-order valence-corrected chi connectivity index (χ2v) is 7.22. The molecule has 0 saturated carbocycles. The molecular formula is C14H17N2O3PS. The zero-order chi connectivity index (χ0) is 15.5. The summed E-state index contributed by atoms with van der Waals surface area (Å²) in [5.74, 6) is 0. The fourth-order valence-electron chi connectivity index (χ4n) is 2.04. The molecule has 1 aliphatic heterocycles. The van der Waals surface area contributed by atoms with Crippen LogP contribution in [0.1, 0.15) is 13.8 Å². The van der Waals surface area contributed by atoms with Crippen LogP contribution in [0.2, 0.25) is 0 Å². The second kappa shape index (κ2) is 6.67. The van der Waals surface area contributed by atoms with E-state index in [1.54, 1.807) is 13.8 Å². The van der Waals surface area contributed by atoms with Gasteiger partial charge in [-0.2, -0.15) is 5.26 Å². The van der Waals surface area contributed by atoms with Crippen molar-refractivity contribution in [1.82, 2.24) is 0 Å². The molecule has 0 fully saturated rings. The third kappa shape index (κ3) is 3.02. The van der Waals surface area contributed by atoms with Crippen molar-refractivity contribution >= 4 is 25.0 Å². The Morgan fingerprint density at radius 1 is 1.33 bits per heavy atom. The van der Waals surface area contributed by atoms with Crippen LogP contribution in [-0.4, -0.2) is 20.3 Å². The van der Waals surface area contributed by atoms with E-state index in [1.807, 2.05) is 42.3 Å². The maximum Gasteiger partial charge on any atom is 0.374 e. The van der Waals surface area contributed by atoms with Crippen LogP contribution >= 0.6 is 19.4 Å². The first-order chi connectivity index (χ1) is 10.1. The number of benzene rings is 1. The molecular weight excluding hydrogens is 307 g/mol. The molecule has 0 aromatic heterocycles. The predicted octanol–water partition coefficient (Wildman–Crippen LogP) is 4.19. The quantitative estimate of drug-likeness (QED) is 0.598. The van der Waals surface area contributed by atoms with Crippen molar-refractivity contribution in [3.05, 3.63) is 34.6 Å². The summed E-state index contributed by atoms with van der Waals surface area (Å²) in [6, 6.07) is 9.80. The van der Waals surface area contributed by atoms with Gasteiger partial charge in [0.2, 0.25) is 0 Å². The Bertz CT molecular complexity index is 644. The summed E-state index contributed by atoms with van der Waals surface area (Å²) >= 11 is 1.41. The van der Waals surface area contributed by atoms with Gasteiger partial charge in [0.1, 0.15) is 11.1 Å². The normalized spacial score (nSPS) is 16.6. The van der Waals surface area contributed by atoms with Crippen LogP contribution < -0.4 is 4.90 Å². The number of hydrogen-bond acceptors (Lipinski definition) is 6. The molecule has 0 atom stereocenters. The highest BCUT2D eigenvalue weighted by molar-refractivity contribution is 8.04. The number of rotatable bonds is 5. The Morgan fingerprint density at radius 3 is 2.48 bits per heavy atom. The predicted molar refractivity (Wildman–Crippen MR) is 84.2 cm³/mol. The maximum absolute atomic E-state index is 12.9. The largest absolute Gasteiger partial charge is 0.374 e. The Hall–Kier alpha value is -1.25. The number of nitrogens with zero attached hydrogens (tertiary/aromatic N) is 2. The van der Waals surface area contributed by atoms with Gasteiger partial charge in [-0.3, -0.25) is 4.57 Å². The molecule has 21 heavy (non-hydrogen) atoms. The first-order valence-corrected chi connectivity index (χ1v) is 8.98. The molecule has 112 valence electrons. The van der Waals surface area contributed by atoms with E-state index in [0.717, 1.165) is 10.6 Å². The van der Waals surface area contributed by atoms with E-state index in [4.69, 9.17) is 9.05 Å². The number of hydrogen-bond donors (Lipinski definition) is 0. The lowest BCUT2D eigenvalue weighted by Gasteiger charge is -2.20. The molecule has 0 N–H and O–H groups in total. The van der Waals surface area contributed by atoms with E-state index in [-0.39, 0.29) is 18.5 Å². The topological polar surface area (TPSA) is 62.6 Å². The summed E-state index contributed by atoms with van der Waals surface area (Å²) in [5, 5.41) is 10.2. The molecule has 0 radical (unpaired) electrons. The van der Waals surface area contributed by atoms with Crippen LogP contribution in [0, 0.1) is 11.3 Å². The van der Waals surface area contributed by atoms with E-state index in [2.05, 4.69) is 0 Å². The third-order valence-electron chi connectivity index (χ3n) is 2.92. The zero-order valence-corrected chi connectivity index (χ0v) is 13.9. The number of nitriles is 1. The summed E-state index contributed by atoms with van der Waals surface area (Å²) in [5.41, 5.74) is 0.977. The van der Waals surface area contributed by atoms with Crippen molar-refractivity contribution < 1.29 is 13.6 Å². The molecule has 0 aliphatic carbocycles. The standard InChI is InChI=1S/C14H17N2O3PS/c1-4-18-20(17,19-5-2)12(10-15)14-16(3)11-8-6-7-9-13(11)21-14/h6-9H,4-5H2,1-3H3/b14-12-. The Balaban J connectivity index is 2.51. The van der Waals surface area contributed by atoms with Gasteiger partial charge >= 0.3 is 7.60 Å². The van der Waals surface area contributed by atoms with Gasteiger partial charge in [-0.15, -0.1) is 0 Å². The average molecular weight is 324 g/mol. The molecule has 0 amide bonds. The van der Waals surface area contributed by atoms with E-state index < -0.39 is 7.60 Å². The van der Waals surface area contributed by atoms with Crippen LogP contribution in [0.5, 0.6) is 0 Å². The van der Waals surface area contributed by atoms with Crippen molar-refractivity contribution in [2.45, 2.75) is 18.7 Å². The lowest BCUT2D eigenvalue weighted by Crippen LogP contribution is -2.13. The monoisotopic (exact) mass is 324 g/mol. The molecule has 1 aliphatic rings. The maximum atomic E-state index is 12.9. The highest BCUT2D eigenvalue weighted by atomic mass is 32.2. The van der Waals surface area contributed by atoms with Crippen LogP contribution in [0.15, 0.2) is 39.5 Å². The van der Waals surface area contributed by atoms with E-state index in [1.165, 1.54) is 11.8 Å². The number of fused-ring (bicyclic) bond motifs is 1. The Kier molecular flexibility index (Phi) is 5.13. The smallest absolute Gasteiger partial charge is 0.337 e. The molecule has 2 rings (SSSR count).